The number of nitrogens with zero attached hydrogens (tertiary/aromatic N) is 12. The number of ether oxygens (including phenoxy) is 5. The first-order valence-electron chi connectivity index (χ1n) is 30.9. The minimum absolute atomic E-state index is 0.0504. The van der Waals surface area contributed by atoms with Gasteiger partial charge in [0.15, 0.2) is 23.4 Å². The Morgan fingerprint density at radius 3 is 2.38 bits per heavy atom. The van der Waals surface area contributed by atoms with Crippen LogP contribution in [0.15, 0.2) is 54.7 Å². The van der Waals surface area contributed by atoms with Crippen molar-refractivity contribution in [2.75, 3.05) is 68.9 Å². The van der Waals surface area contributed by atoms with E-state index >= 15 is 4.39 Å². The van der Waals surface area contributed by atoms with Gasteiger partial charge in [0.2, 0.25) is 5.91 Å². The molecule has 0 spiro atoms. The van der Waals surface area contributed by atoms with E-state index in [0.29, 0.717) is 123 Å². The van der Waals surface area contributed by atoms with Crippen LogP contribution in [0.3, 0.4) is 0 Å². The average Bonchev–Trinajstić information content (AvgIpc) is 1.99. The molecule has 22 nitrogen and oxygen atoms in total. The van der Waals surface area contributed by atoms with Crippen LogP contribution in [-0.2, 0) is 39.2 Å². The van der Waals surface area contributed by atoms with Crippen LogP contribution in [0.25, 0.3) is 44.0 Å². The number of imide groups is 1. The summed E-state index contributed by atoms with van der Waals surface area (Å²) in [7, 11) is 1.79. The Morgan fingerprint density at radius 1 is 0.839 bits per heavy atom. The number of aryl methyl sites for hydroxylation is 1. The van der Waals surface area contributed by atoms with Gasteiger partial charge in [-0.2, -0.15) is 20.2 Å². The molecule has 10 heterocycles. The number of aromatic nitrogens is 7. The average molecular weight is 1190 g/mol. The molecule has 7 aromatic rings. The molecule has 87 heavy (non-hydrogen) atoms. The molecular formula is C64H74FN13O9. The predicted octanol–water partition coefficient (Wildman–Crippen LogP) is 9.08. The van der Waals surface area contributed by atoms with Gasteiger partial charge in [-0.3, -0.25) is 24.7 Å². The molecule has 1 unspecified atom stereocenters. The minimum atomic E-state index is -0.635. The first kappa shape index (κ1) is 56.8. The molecular weight excluding hydrogens is 1110 g/mol. The fourth-order valence-corrected chi connectivity index (χ4v) is 13.7. The molecule has 1 aliphatic carbocycles. The fourth-order valence-electron chi connectivity index (χ4n) is 13.7. The zero-order valence-electron chi connectivity index (χ0n) is 50.2. The van der Waals surface area contributed by atoms with Gasteiger partial charge in [-0.05, 0) is 126 Å². The molecule has 14 rings (SSSR count). The Kier molecular flexibility index (Phi) is 14.7. The lowest BCUT2D eigenvalue weighted by atomic mass is 9.88. The standard InChI is InChI=1S/C64H74FN13O9/c1-36-31-73(32-41-16-17-45-57(67-41)72(6)71-59(45)75-21-18-51(79)68-62(75)81)22-23-74(36)60(80)40-12-10-38(11-13-40)35-85-56-54(53-37(2)49(65)29-50-48(53)30-66-78(50)52-9-7-8-24-84-52)46(39-14-15-39)28-47-55(56)69-61(86-44-19-25-83-26-20-44)70-58(47)76-33-43-27-42(76)34-77(43)63(82)87-64(3,4)5/h10-13,16-17,28-30,36,39,42-44,52H,7-9,14-15,18-27,31-35H2,1-6H3,(H,68,79,81)/t36-,42-,43-,52?/m0/s1. The molecule has 456 valence electrons. The summed E-state index contributed by atoms with van der Waals surface area (Å²) in [6.07, 6.45) is 7.88. The monoisotopic (exact) mass is 1190 g/mol. The van der Waals surface area contributed by atoms with Gasteiger partial charge in [0, 0.05) is 118 Å². The molecule has 23 heteroatoms. The van der Waals surface area contributed by atoms with Crippen LogP contribution in [0.2, 0.25) is 0 Å². The van der Waals surface area contributed by atoms with Gasteiger partial charge in [0.1, 0.15) is 35.5 Å². The van der Waals surface area contributed by atoms with Crippen LogP contribution in [0.1, 0.15) is 130 Å². The van der Waals surface area contributed by atoms with E-state index in [2.05, 4.69) is 33.2 Å². The molecule has 1 N–H and O–H groups in total. The highest BCUT2D eigenvalue weighted by molar-refractivity contribution is 6.09. The number of halogens is 1. The van der Waals surface area contributed by atoms with Gasteiger partial charge in [0.05, 0.1) is 48.1 Å². The van der Waals surface area contributed by atoms with E-state index in [1.54, 1.807) is 17.8 Å². The van der Waals surface area contributed by atoms with Gasteiger partial charge in [-0.15, -0.1) is 0 Å². The largest absolute Gasteiger partial charge is 0.486 e. The maximum Gasteiger partial charge on any atom is 0.410 e. The van der Waals surface area contributed by atoms with Gasteiger partial charge < -0.3 is 38.4 Å². The normalized spacial score (nSPS) is 22.3. The second-order valence-corrected chi connectivity index (χ2v) is 25.6. The highest BCUT2D eigenvalue weighted by Crippen LogP contribution is 2.54. The summed E-state index contributed by atoms with van der Waals surface area (Å²) >= 11 is 0. The number of carbonyl (C=O) groups is 4. The van der Waals surface area contributed by atoms with Crippen molar-refractivity contribution in [3.05, 3.63) is 88.5 Å². The summed E-state index contributed by atoms with van der Waals surface area (Å²) in [5.74, 6) is 1.04. The van der Waals surface area contributed by atoms with Crippen molar-refractivity contribution >= 4 is 68.4 Å². The number of rotatable bonds is 13. The molecule has 3 aromatic carbocycles. The summed E-state index contributed by atoms with van der Waals surface area (Å²) in [6.45, 7) is 15.0. The van der Waals surface area contributed by atoms with Crippen molar-refractivity contribution in [3.8, 4) is 22.9 Å². The number of piperazine rings is 2. The van der Waals surface area contributed by atoms with E-state index in [4.69, 9.17) is 43.7 Å². The summed E-state index contributed by atoms with van der Waals surface area (Å²) < 4.78 is 52.3. The highest BCUT2D eigenvalue weighted by Gasteiger charge is 2.48. The first-order valence-corrected chi connectivity index (χ1v) is 30.9. The van der Waals surface area contributed by atoms with E-state index in [1.807, 2.05) is 84.8 Å². The summed E-state index contributed by atoms with van der Waals surface area (Å²) in [5, 5.41) is 14.2. The highest BCUT2D eigenvalue weighted by atomic mass is 19.1. The number of urea groups is 1. The summed E-state index contributed by atoms with van der Waals surface area (Å²) in [6, 6.07) is 14.7. The van der Waals surface area contributed by atoms with E-state index in [1.165, 1.54) is 4.90 Å². The predicted molar refractivity (Wildman–Crippen MR) is 321 cm³/mol. The SMILES string of the molecule is Cc1c(F)cc2c(cnn2C2CCCCO2)c1-c1c(C2CC2)cc2c(N3C[C@@H]4C[C@H]3CN4C(=O)OC(C)(C)C)nc(OC3CCOCC3)nc2c1OCc1ccc(C(=O)N2CCN(Cc3ccc4c(N5CCC(=O)NC5=O)nn(C)c4n3)C[C@@H]2C)cc1. The Bertz CT molecular complexity index is 3870. The van der Waals surface area contributed by atoms with Gasteiger partial charge in [-0.25, -0.2) is 28.3 Å². The molecule has 7 fully saturated rings. The molecule has 5 amide bonds. The zero-order chi connectivity index (χ0) is 60.0. The van der Waals surface area contributed by atoms with Crippen LogP contribution in [0.4, 0.5) is 25.6 Å². The van der Waals surface area contributed by atoms with Crippen LogP contribution in [0, 0.1) is 12.7 Å². The fraction of sp³-hybridized carbons (Fsp3) is 0.516. The van der Waals surface area contributed by atoms with Crippen molar-refractivity contribution < 1.29 is 47.3 Å². The number of carbonyl (C=O) groups excluding carboxylic acids is 4. The van der Waals surface area contributed by atoms with Gasteiger partial charge in [0.25, 0.3) is 5.91 Å². The molecule has 2 bridgehead atoms. The van der Waals surface area contributed by atoms with Gasteiger partial charge in [-0.1, -0.05) is 12.1 Å². The van der Waals surface area contributed by atoms with E-state index < -0.39 is 11.6 Å². The van der Waals surface area contributed by atoms with Crippen molar-refractivity contribution in [1.29, 1.82) is 0 Å². The molecule has 0 radical (unpaired) electrons. The van der Waals surface area contributed by atoms with Crippen LogP contribution >= 0.6 is 0 Å². The lowest BCUT2D eigenvalue weighted by Gasteiger charge is -2.39. The van der Waals surface area contributed by atoms with Crippen LogP contribution in [-0.4, -0.2) is 162 Å². The number of benzene rings is 3. The third kappa shape index (κ3) is 10.9. The minimum Gasteiger partial charge on any atom is -0.486 e. The second kappa shape index (κ2) is 22.6. The molecule has 6 saturated heterocycles. The topological polar surface area (TPSA) is 217 Å². The lowest BCUT2D eigenvalue weighted by molar-refractivity contribution is -0.120. The van der Waals surface area contributed by atoms with Crippen LogP contribution in [0.5, 0.6) is 11.8 Å². The number of likely N-dealkylation sites (tertiary alicyclic amines) is 1. The van der Waals surface area contributed by atoms with Crippen molar-refractivity contribution in [3.63, 3.8) is 0 Å². The molecule has 1 saturated carbocycles. The number of pyridine rings is 1. The number of hydrogen-bond acceptors (Lipinski definition) is 16. The Hall–Kier alpha value is -8.02. The number of amides is 5. The number of nitrogens with one attached hydrogen (secondary N) is 1. The van der Waals surface area contributed by atoms with Crippen molar-refractivity contribution in [2.45, 2.75) is 148 Å². The zero-order valence-corrected chi connectivity index (χ0v) is 50.2. The third-order valence-corrected chi connectivity index (χ3v) is 18.3. The van der Waals surface area contributed by atoms with E-state index in [9.17, 15) is 19.2 Å². The van der Waals surface area contributed by atoms with E-state index in [-0.39, 0.29) is 85.7 Å². The summed E-state index contributed by atoms with van der Waals surface area (Å²) in [4.78, 5) is 77.8. The van der Waals surface area contributed by atoms with Crippen LogP contribution < -0.4 is 24.6 Å². The van der Waals surface area contributed by atoms with Crippen molar-refractivity contribution in [2.24, 2.45) is 7.05 Å². The Labute approximate surface area is 503 Å². The third-order valence-electron chi connectivity index (χ3n) is 18.3. The van der Waals surface area contributed by atoms with Gasteiger partial charge >= 0.3 is 18.1 Å². The second-order valence-electron chi connectivity index (χ2n) is 25.6. The molecule has 4 aromatic heterocycles. The Morgan fingerprint density at radius 2 is 1.66 bits per heavy atom. The Balaban J connectivity index is 0.776. The van der Waals surface area contributed by atoms with Crippen molar-refractivity contribution in [1.82, 2.24) is 54.5 Å². The number of fused-ring (bicyclic) bond motifs is 5. The maximum absolute atomic E-state index is 16.9. The van der Waals surface area contributed by atoms with E-state index in [0.717, 1.165) is 77.1 Å². The molecule has 6 aliphatic heterocycles. The molecule has 7 aliphatic rings. The number of hydrogen-bond donors (Lipinski definition) is 1. The summed E-state index contributed by atoms with van der Waals surface area (Å²) in [5.41, 5.74) is 6.28. The molecule has 4 atom stereocenters. The maximum atomic E-state index is 16.9. The quantitative estimate of drug-likeness (QED) is 0.114. The number of anilines is 2. The first-order chi connectivity index (χ1) is 42.0. The smallest absolute Gasteiger partial charge is 0.410 e. The lowest BCUT2D eigenvalue weighted by Crippen LogP contribution is -2.53.